The largest absolute Gasteiger partial charge is 0.508 e. The Morgan fingerprint density at radius 2 is 1.38 bits per heavy atom. The third-order valence-corrected chi connectivity index (χ3v) is 4.02. The SMILES string of the molecule is C=C(C)COc1cc(C)cc(C)c1C.Cc1cc(C)c(C)c(O)c1. The van der Waals surface area contributed by atoms with E-state index in [0.29, 0.717) is 12.4 Å². The van der Waals surface area contributed by atoms with Crippen LogP contribution in [-0.4, -0.2) is 11.7 Å². The van der Waals surface area contributed by atoms with Gasteiger partial charge in [-0.1, -0.05) is 18.7 Å². The molecule has 0 fully saturated rings. The second-order valence-corrected chi connectivity index (χ2v) is 6.68. The number of ether oxygens (including phenoxy) is 1. The first-order valence-electron chi connectivity index (χ1n) is 8.23. The van der Waals surface area contributed by atoms with E-state index in [1.54, 1.807) is 6.07 Å². The molecule has 2 heteroatoms. The van der Waals surface area contributed by atoms with Crippen molar-refractivity contribution in [2.45, 2.75) is 48.5 Å². The Labute approximate surface area is 146 Å². The van der Waals surface area contributed by atoms with Crippen LogP contribution >= 0.6 is 0 Å². The van der Waals surface area contributed by atoms with Gasteiger partial charge in [-0.15, -0.1) is 0 Å². The summed E-state index contributed by atoms with van der Waals surface area (Å²) in [5.41, 5.74) is 8.02. The maximum atomic E-state index is 9.28. The summed E-state index contributed by atoms with van der Waals surface area (Å²) >= 11 is 0. The summed E-state index contributed by atoms with van der Waals surface area (Å²) in [6.07, 6.45) is 0. The molecule has 2 aromatic rings. The van der Waals surface area contributed by atoms with Gasteiger partial charge in [0.1, 0.15) is 18.1 Å². The molecule has 2 nitrogen and oxygen atoms in total. The van der Waals surface area contributed by atoms with Crippen LogP contribution < -0.4 is 4.74 Å². The number of benzene rings is 2. The van der Waals surface area contributed by atoms with Crippen molar-refractivity contribution in [3.63, 3.8) is 0 Å². The van der Waals surface area contributed by atoms with Crippen LogP contribution in [0.15, 0.2) is 36.4 Å². The summed E-state index contributed by atoms with van der Waals surface area (Å²) in [5.74, 6) is 1.38. The summed E-state index contributed by atoms with van der Waals surface area (Å²) < 4.78 is 5.66. The predicted octanol–water partition coefficient (Wildman–Crippen LogP) is 5.88. The molecule has 0 saturated carbocycles. The molecule has 0 spiro atoms. The van der Waals surface area contributed by atoms with Crippen LogP contribution in [0.1, 0.15) is 40.3 Å². The minimum Gasteiger partial charge on any atom is -0.508 e. The zero-order valence-corrected chi connectivity index (χ0v) is 16.1. The third-order valence-electron chi connectivity index (χ3n) is 4.02. The second kappa shape index (κ2) is 8.58. The first-order chi connectivity index (χ1) is 11.1. The predicted molar refractivity (Wildman–Crippen MR) is 103 cm³/mol. The lowest BCUT2D eigenvalue weighted by Gasteiger charge is -2.12. The Balaban J connectivity index is 0.000000254. The molecule has 0 unspecified atom stereocenters. The van der Waals surface area contributed by atoms with Gasteiger partial charge in [0.05, 0.1) is 0 Å². The van der Waals surface area contributed by atoms with Gasteiger partial charge in [-0.05, 0) is 99.6 Å². The van der Waals surface area contributed by atoms with Gasteiger partial charge in [-0.3, -0.25) is 0 Å². The number of aryl methyl sites for hydroxylation is 4. The molecule has 0 aromatic heterocycles. The van der Waals surface area contributed by atoms with Gasteiger partial charge in [0, 0.05) is 0 Å². The van der Waals surface area contributed by atoms with E-state index in [4.69, 9.17) is 4.74 Å². The van der Waals surface area contributed by atoms with Crippen molar-refractivity contribution in [3.8, 4) is 11.5 Å². The number of hydrogen-bond donors (Lipinski definition) is 1. The van der Waals surface area contributed by atoms with Crippen LogP contribution in [-0.2, 0) is 0 Å². The fourth-order valence-corrected chi connectivity index (χ4v) is 2.37. The molecule has 0 amide bonds. The smallest absolute Gasteiger partial charge is 0.123 e. The fourth-order valence-electron chi connectivity index (χ4n) is 2.37. The average molecular weight is 326 g/mol. The Bertz CT molecular complexity index is 704. The molecular weight excluding hydrogens is 296 g/mol. The molecule has 2 aromatic carbocycles. The molecule has 24 heavy (non-hydrogen) atoms. The zero-order chi connectivity index (χ0) is 18.4. The van der Waals surface area contributed by atoms with Crippen molar-refractivity contribution in [2.75, 3.05) is 6.61 Å². The third kappa shape index (κ3) is 5.77. The molecule has 1 N–H and O–H groups in total. The highest BCUT2D eigenvalue weighted by molar-refractivity contribution is 5.42. The van der Waals surface area contributed by atoms with Gasteiger partial charge in [0.2, 0.25) is 0 Å². The van der Waals surface area contributed by atoms with E-state index < -0.39 is 0 Å². The quantitative estimate of drug-likeness (QED) is 0.713. The van der Waals surface area contributed by atoms with Crippen molar-refractivity contribution in [2.24, 2.45) is 0 Å². The number of phenolic OH excluding ortho intramolecular Hbond substituents is 1. The van der Waals surface area contributed by atoms with Crippen LogP contribution in [0, 0.1) is 41.5 Å². The molecule has 0 saturated heterocycles. The van der Waals surface area contributed by atoms with Crippen LogP contribution in [0.5, 0.6) is 11.5 Å². The van der Waals surface area contributed by atoms with E-state index in [9.17, 15) is 5.11 Å². The minimum absolute atomic E-state index is 0.400. The standard InChI is InChI=1S/C13H18O.C9H12O/c1-9(2)8-14-13-7-10(3)6-11(4)12(13)5;1-6-4-7(2)8(3)9(10)5-6/h6-7H,1,8H2,2-5H3;4-5,10H,1-3H3. The molecule has 2 rings (SSSR count). The Hall–Kier alpha value is -2.22. The van der Waals surface area contributed by atoms with Crippen molar-refractivity contribution in [1.29, 1.82) is 0 Å². The van der Waals surface area contributed by atoms with Gasteiger partial charge in [0.15, 0.2) is 0 Å². The fraction of sp³-hybridized carbons (Fsp3) is 0.364. The second-order valence-electron chi connectivity index (χ2n) is 6.68. The topological polar surface area (TPSA) is 29.5 Å². The molecule has 0 atom stereocenters. The number of phenols is 1. The van der Waals surface area contributed by atoms with E-state index in [1.165, 1.54) is 16.7 Å². The summed E-state index contributed by atoms with van der Waals surface area (Å²) in [4.78, 5) is 0. The molecule has 0 heterocycles. The van der Waals surface area contributed by atoms with E-state index in [-0.39, 0.29) is 0 Å². The van der Waals surface area contributed by atoms with Crippen LogP contribution in [0.2, 0.25) is 0 Å². The summed E-state index contributed by atoms with van der Waals surface area (Å²) in [6.45, 7) is 18.6. The van der Waals surface area contributed by atoms with E-state index in [1.807, 2.05) is 27.7 Å². The lowest BCUT2D eigenvalue weighted by atomic mass is 10.1. The number of rotatable bonds is 3. The highest BCUT2D eigenvalue weighted by Crippen LogP contribution is 2.23. The van der Waals surface area contributed by atoms with Crippen LogP contribution in [0.25, 0.3) is 0 Å². The molecule has 0 radical (unpaired) electrons. The zero-order valence-electron chi connectivity index (χ0n) is 16.1. The van der Waals surface area contributed by atoms with Crippen LogP contribution in [0.3, 0.4) is 0 Å². The lowest BCUT2D eigenvalue weighted by molar-refractivity contribution is 0.349. The summed E-state index contributed by atoms with van der Waals surface area (Å²) in [5, 5.41) is 9.28. The minimum atomic E-state index is 0.400. The number of hydrogen-bond acceptors (Lipinski definition) is 2. The Morgan fingerprint density at radius 3 is 1.88 bits per heavy atom. The maximum Gasteiger partial charge on any atom is 0.123 e. The molecule has 0 aliphatic rings. The maximum absolute atomic E-state index is 9.28. The normalized spacial score (nSPS) is 9.96. The van der Waals surface area contributed by atoms with Gasteiger partial charge in [-0.25, -0.2) is 0 Å². The van der Waals surface area contributed by atoms with Gasteiger partial charge in [0.25, 0.3) is 0 Å². The Kier molecular flexibility index (Phi) is 7.09. The van der Waals surface area contributed by atoms with E-state index in [0.717, 1.165) is 28.0 Å². The highest BCUT2D eigenvalue weighted by atomic mass is 16.5. The monoisotopic (exact) mass is 326 g/mol. The van der Waals surface area contributed by atoms with Gasteiger partial charge in [-0.2, -0.15) is 0 Å². The summed E-state index contributed by atoms with van der Waals surface area (Å²) in [7, 11) is 0. The molecule has 0 aliphatic heterocycles. The first-order valence-corrected chi connectivity index (χ1v) is 8.23. The van der Waals surface area contributed by atoms with Crippen LogP contribution in [0.4, 0.5) is 0 Å². The van der Waals surface area contributed by atoms with E-state index in [2.05, 4.69) is 45.5 Å². The van der Waals surface area contributed by atoms with Crippen molar-refractivity contribution in [1.82, 2.24) is 0 Å². The van der Waals surface area contributed by atoms with Crippen molar-refractivity contribution < 1.29 is 9.84 Å². The molecule has 0 bridgehead atoms. The van der Waals surface area contributed by atoms with Crippen molar-refractivity contribution >= 4 is 0 Å². The van der Waals surface area contributed by atoms with Gasteiger partial charge >= 0.3 is 0 Å². The first kappa shape index (κ1) is 19.8. The lowest BCUT2D eigenvalue weighted by Crippen LogP contribution is -2.00. The average Bonchev–Trinajstić information content (AvgIpc) is 2.47. The Morgan fingerprint density at radius 1 is 0.875 bits per heavy atom. The number of aromatic hydroxyl groups is 1. The summed E-state index contributed by atoms with van der Waals surface area (Å²) in [6, 6.07) is 8.09. The molecular formula is C22H30O2. The molecule has 0 aliphatic carbocycles. The molecule has 130 valence electrons. The van der Waals surface area contributed by atoms with Gasteiger partial charge < -0.3 is 9.84 Å². The van der Waals surface area contributed by atoms with Crippen molar-refractivity contribution in [3.05, 3.63) is 69.8 Å². The van der Waals surface area contributed by atoms with E-state index >= 15 is 0 Å². The highest BCUT2D eigenvalue weighted by Gasteiger charge is 2.03.